The largest absolute Gasteiger partial charge is 0.354 e. The van der Waals surface area contributed by atoms with E-state index in [-0.39, 0.29) is 5.82 Å². The number of anilines is 1. The minimum atomic E-state index is -0.173. The number of hydrogen-bond acceptors (Lipinski definition) is 4. The van der Waals surface area contributed by atoms with Crippen LogP contribution < -0.4 is 10.2 Å². The van der Waals surface area contributed by atoms with Gasteiger partial charge in [0.1, 0.15) is 0 Å². The average Bonchev–Trinajstić information content (AvgIpc) is 2.42. The number of nitrogens with zero attached hydrogens (tertiary/aromatic N) is 3. The van der Waals surface area contributed by atoms with Gasteiger partial charge in [0.25, 0.3) is 0 Å². The molecule has 5 heteroatoms. The highest BCUT2D eigenvalue weighted by Crippen LogP contribution is 2.25. The molecule has 1 fully saturated rings. The molecular formula is C15H25FN4. The van der Waals surface area contributed by atoms with Gasteiger partial charge in [0.05, 0.1) is 0 Å². The maximum absolute atomic E-state index is 14.4. The standard InChI is InChI=1S/C15H25FN4/c1-17-10-13-4-7-18-15(14(13)16)20-8-5-12(6-9-20)11-19(2)3/h4,7,12,17H,5-6,8-11H2,1-3H3. The summed E-state index contributed by atoms with van der Waals surface area (Å²) in [4.78, 5) is 8.56. The third-order valence-electron chi connectivity index (χ3n) is 3.86. The van der Waals surface area contributed by atoms with Crippen molar-refractivity contribution in [1.82, 2.24) is 15.2 Å². The Kier molecular flexibility index (Phi) is 5.31. The van der Waals surface area contributed by atoms with E-state index in [1.165, 1.54) is 0 Å². The van der Waals surface area contributed by atoms with Crippen LogP contribution in [-0.2, 0) is 6.54 Å². The maximum atomic E-state index is 14.4. The Labute approximate surface area is 121 Å². The van der Waals surface area contributed by atoms with Gasteiger partial charge in [-0.3, -0.25) is 0 Å². The molecule has 112 valence electrons. The Balaban J connectivity index is 2.01. The lowest BCUT2D eigenvalue weighted by Gasteiger charge is -2.34. The lowest BCUT2D eigenvalue weighted by Crippen LogP contribution is -2.38. The molecule has 1 saturated heterocycles. The summed E-state index contributed by atoms with van der Waals surface area (Å²) in [7, 11) is 6.04. The second-order valence-corrected chi connectivity index (χ2v) is 5.83. The van der Waals surface area contributed by atoms with Gasteiger partial charge < -0.3 is 15.1 Å². The minimum absolute atomic E-state index is 0.173. The van der Waals surface area contributed by atoms with Crippen LogP contribution in [0.15, 0.2) is 12.3 Å². The summed E-state index contributed by atoms with van der Waals surface area (Å²) < 4.78 is 14.4. The second-order valence-electron chi connectivity index (χ2n) is 5.83. The van der Waals surface area contributed by atoms with Crippen molar-refractivity contribution in [3.8, 4) is 0 Å². The highest BCUT2D eigenvalue weighted by atomic mass is 19.1. The van der Waals surface area contributed by atoms with Gasteiger partial charge in [-0.2, -0.15) is 0 Å². The first-order valence-electron chi connectivity index (χ1n) is 7.29. The van der Waals surface area contributed by atoms with E-state index in [1.807, 2.05) is 7.05 Å². The highest BCUT2D eigenvalue weighted by Gasteiger charge is 2.23. The first-order chi connectivity index (χ1) is 9.61. The van der Waals surface area contributed by atoms with Gasteiger partial charge in [0.15, 0.2) is 11.6 Å². The fraction of sp³-hybridized carbons (Fsp3) is 0.667. The number of aromatic nitrogens is 1. The summed E-state index contributed by atoms with van der Waals surface area (Å²) in [6.45, 7) is 3.44. The summed E-state index contributed by atoms with van der Waals surface area (Å²) in [6, 6.07) is 1.74. The van der Waals surface area contributed by atoms with E-state index in [2.05, 4.69) is 34.2 Å². The van der Waals surface area contributed by atoms with E-state index in [0.29, 0.717) is 23.8 Å². The van der Waals surface area contributed by atoms with Gasteiger partial charge in [-0.1, -0.05) is 0 Å². The number of halogens is 1. The molecule has 0 spiro atoms. The van der Waals surface area contributed by atoms with Crippen LogP contribution in [0.5, 0.6) is 0 Å². The van der Waals surface area contributed by atoms with E-state index >= 15 is 0 Å². The Morgan fingerprint density at radius 1 is 1.40 bits per heavy atom. The molecule has 4 nitrogen and oxygen atoms in total. The maximum Gasteiger partial charge on any atom is 0.170 e. The summed E-state index contributed by atoms with van der Waals surface area (Å²) in [5.74, 6) is 1.05. The monoisotopic (exact) mass is 280 g/mol. The fourth-order valence-electron chi connectivity index (χ4n) is 2.86. The lowest BCUT2D eigenvalue weighted by molar-refractivity contribution is 0.284. The summed E-state index contributed by atoms with van der Waals surface area (Å²) in [6.07, 6.45) is 3.92. The van der Waals surface area contributed by atoms with Gasteiger partial charge in [-0.25, -0.2) is 9.37 Å². The van der Waals surface area contributed by atoms with Crippen molar-refractivity contribution in [3.05, 3.63) is 23.6 Å². The van der Waals surface area contributed by atoms with E-state index in [4.69, 9.17) is 0 Å². The van der Waals surface area contributed by atoms with Crippen molar-refractivity contribution >= 4 is 5.82 Å². The molecule has 0 aliphatic carbocycles. The molecule has 1 aliphatic heterocycles. The molecule has 0 atom stereocenters. The van der Waals surface area contributed by atoms with Crippen LogP contribution in [0, 0.1) is 11.7 Å². The van der Waals surface area contributed by atoms with Crippen LogP contribution in [0.4, 0.5) is 10.2 Å². The zero-order valence-corrected chi connectivity index (χ0v) is 12.7. The SMILES string of the molecule is CNCc1ccnc(N2CCC(CN(C)C)CC2)c1F. The average molecular weight is 280 g/mol. The molecule has 2 rings (SSSR count). The minimum Gasteiger partial charge on any atom is -0.354 e. The number of rotatable bonds is 5. The molecule has 1 N–H and O–H groups in total. The number of hydrogen-bond donors (Lipinski definition) is 1. The number of piperidine rings is 1. The molecule has 0 saturated carbocycles. The first-order valence-corrected chi connectivity index (χ1v) is 7.29. The zero-order chi connectivity index (χ0) is 14.5. The van der Waals surface area contributed by atoms with Crippen molar-refractivity contribution in [2.24, 2.45) is 5.92 Å². The van der Waals surface area contributed by atoms with Crippen LogP contribution in [0.3, 0.4) is 0 Å². The molecule has 2 heterocycles. The topological polar surface area (TPSA) is 31.4 Å². The fourth-order valence-corrected chi connectivity index (χ4v) is 2.86. The van der Waals surface area contributed by atoms with E-state index < -0.39 is 0 Å². The van der Waals surface area contributed by atoms with Gasteiger partial charge in [-0.15, -0.1) is 0 Å². The van der Waals surface area contributed by atoms with Crippen molar-refractivity contribution in [3.63, 3.8) is 0 Å². The van der Waals surface area contributed by atoms with Gasteiger partial charge in [0.2, 0.25) is 0 Å². The molecule has 1 aromatic heterocycles. The molecule has 1 aromatic rings. The van der Waals surface area contributed by atoms with E-state index in [0.717, 1.165) is 32.5 Å². The highest BCUT2D eigenvalue weighted by molar-refractivity contribution is 5.43. The zero-order valence-electron chi connectivity index (χ0n) is 12.7. The van der Waals surface area contributed by atoms with Crippen LogP contribution in [0.2, 0.25) is 0 Å². The predicted molar refractivity (Wildman–Crippen MR) is 80.4 cm³/mol. The normalized spacial score (nSPS) is 16.9. The van der Waals surface area contributed by atoms with Crippen molar-refractivity contribution < 1.29 is 4.39 Å². The van der Waals surface area contributed by atoms with Crippen molar-refractivity contribution in [2.75, 3.05) is 45.7 Å². The number of nitrogens with one attached hydrogen (secondary N) is 1. The van der Waals surface area contributed by atoms with Crippen molar-refractivity contribution in [1.29, 1.82) is 0 Å². The summed E-state index contributed by atoms with van der Waals surface area (Å²) in [5, 5.41) is 2.99. The number of pyridine rings is 1. The molecule has 0 radical (unpaired) electrons. The Morgan fingerprint density at radius 2 is 2.10 bits per heavy atom. The molecular weight excluding hydrogens is 255 g/mol. The van der Waals surface area contributed by atoms with Crippen molar-refractivity contribution in [2.45, 2.75) is 19.4 Å². The third-order valence-corrected chi connectivity index (χ3v) is 3.86. The quantitative estimate of drug-likeness (QED) is 0.890. The molecule has 1 aliphatic rings. The smallest absolute Gasteiger partial charge is 0.170 e. The van der Waals surface area contributed by atoms with Crippen LogP contribution in [0.1, 0.15) is 18.4 Å². The molecule has 0 unspecified atom stereocenters. The molecule has 0 aromatic carbocycles. The van der Waals surface area contributed by atoms with Gasteiger partial charge in [0, 0.05) is 37.9 Å². The lowest BCUT2D eigenvalue weighted by atomic mass is 9.96. The predicted octanol–water partition coefficient (Wildman–Crippen LogP) is 1.72. The van der Waals surface area contributed by atoms with Crippen LogP contribution in [-0.4, -0.2) is 50.7 Å². The molecule has 0 bridgehead atoms. The van der Waals surface area contributed by atoms with Gasteiger partial charge in [-0.05, 0) is 46.0 Å². The molecule has 0 amide bonds. The Morgan fingerprint density at radius 3 is 2.70 bits per heavy atom. The third kappa shape index (κ3) is 3.67. The summed E-state index contributed by atoms with van der Waals surface area (Å²) in [5.41, 5.74) is 0.688. The van der Waals surface area contributed by atoms with E-state index in [1.54, 1.807) is 12.3 Å². The van der Waals surface area contributed by atoms with Crippen LogP contribution >= 0.6 is 0 Å². The Bertz CT molecular complexity index is 428. The molecule has 20 heavy (non-hydrogen) atoms. The van der Waals surface area contributed by atoms with E-state index in [9.17, 15) is 4.39 Å². The first kappa shape index (κ1) is 15.2. The van der Waals surface area contributed by atoms with Gasteiger partial charge >= 0.3 is 0 Å². The second kappa shape index (κ2) is 6.99. The summed E-state index contributed by atoms with van der Waals surface area (Å²) >= 11 is 0. The van der Waals surface area contributed by atoms with Crippen LogP contribution in [0.25, 0.3) is 0 Å². The Hall–Kier alpha value is -1.20.